The van der Waals surface area contributed by atoms with E-state index < -0.39 is 0 Å². The zero-order valence-corrected chi connectivity index (χ0v) is 13.8. The van der Waals surface area contributed by atoms with E-state index in [0.717, 1.165) is 9.89 Å². The average molecular weight is 278 g/mol. The number of hydrogen-bond donors (Lipinski definition) is 1. The molecule has 0 amide bonds. The fourth-order valence-electron chi connectivity index (χ4n) is 0.807. The summed E-state index contributed by atoms with van der Waals surface area (Å²) in [5.41, 5.74) is 0. The number of nitrogens with one attached hydrogen (secondary N) is 1. The summed E-state index contributed by atoms with van der Waals surface area (Å²) in [7, 11) is 1.88. The van der Waals surface area contributed by atoms with Gasteiger partial charge < -0.3 is 5.32 Å². The summed E-state index contributed by atoms with van der Waals surface area (Å²) in [5, 5.41) is 5.23. The van der Waals surface area contributed by atoms with Crippen LogP contribution in [0.3, 0.4) is 0 Å². The molecular formula is C12H23NS3. The summed E-state index contributed by atoms with van der Waals surface area (Å²) in [6.07, 6.45) is 0. The Morgan fingerprint density at radius 3 is 1.88 bits per heavy atom. The second kappa shape index (κ2) is 6.31. The van der Waals surface area contributed by atoms with Crippen LogP contribution >= 0.6 is 35.7 Å². The van der Waals surface area contributed by atoms with Crippen LogP contribution in [0.1, 0.15) is 41.5 Å². The van der Waals surface area contributed by atoms with Gasteiger partial charge in [0.25, 0.3) is 0 Å². The third-order valence-electron chi connectivity index (χ3n) is 1.39. The standard InChI is InChI=1S/C12H23NS3/c1-11(2,3)15-8-9(10(14)13-7)16-12(4,5)6/h8H,1-7H3,(H,13,14). The quantitative estimate of drug-likeness (QED) is 0.604. The molecule has 0 aliphatic rings. The van der Waals surface area contributed by atoms with Gasteiger partial charge in [0.15, 0.2) is 0 Å². The monoisotopic (exact) mass is 277 g/mol. The predicted octanol–water partition coefficient (Wildman–Crippen LogP) is 4.44. The minimum absolute atomic E-state index is 0.186. The van der Waals surface area contributed by atoms with Crippen molar-refractivity contribution in [3.05, 3.63) is 10.3 Å². The first-order valence-corrected chi connectivity index (χ1v) is 7.45. The van der Waals surface area contributed by atoms with E-state index in [-0.39, 0.29) is 9.49 Å². The molecule has 1 N–H and O–H groups in total. The lowest BCUT2D eigenvalue weighted by atomic mass is 10.3. The minimum Gasteiger partial charge on any atom is -0.378 e. The highest BCUT2D eigenvalue weighted by molar-refractivity contribution is 8.08. The molecule has 0 fully saturated rings. The van der Waals surface area contributed by atoms with Crippen LogP contribution in [0.25, 0.3) is 0 Å². The van der Waals surface area contributed by atoms with E-state index in [1.807, 2.05) is 30.6 Å². The van der Waals surface area contributed by atoms with Crippen molar-refractivity contribution >= 4 is 40.7 Å². The first-order chi connectivity index (χ1) is 7.05. The fourth-order valence-corrected chi connectivity index (χ4v) is 2.84. The number of hydrogen-bond acceptors (Lipinski definition) is 3. The number of thioether (sulfide) groups is 2. The fraction of sp³-hybridized carbons (Fsp3) is 0.750. The first-order valence-electron chi connectivity index (χ1n) is 5.34. The van der Waals surface area contributed by atoms with Crippen molar-refractivity contribution in [2.75, 3.05) is 7.05 Å². The van der Waals surface area contributed by atoms with E-state index in [1.165, 1.54) is 0 Å². The lowest BCUT2D eigenvalue weighted by Gasteiger charge is -2.22. The van der Waals surface area contributed by atoms with Gasteiger partial charge in [-0.3, -0.25) is 0 Å². The van der Waals surface area contributed by atoms with Gasteiger partial charge in [-0.1, -0.05) is 53.8 Å². The highest BCUT2D eigenvalue weighted by Crippen LogP contribution is 2.35. The van der Waals surface area contributed by atoms with Crippen LogP contribution in [-0.2, 0) is 0 Å². The maximum Gasteiger partial charge on any atom is 0.113 e. The molecule has 0 heterocycles. The molecule has 4 heteroatoms. The second-order valence-corrected chi connectivity index (χ2v) is 9.48. The molecule has 0 aromatic heterocycles. The highest BCUT2D eigenvalue weighted by atomic mass is 32.2. The number of thiocarbonyl (C=S) groups is 1. The second-order valence-electron chi connectivity index (χ2n) is 5.51. The largest absolute Gasteiger partial charge is 0.378 e. The third kappa shape index (κ3) is 8.48. The van der Waals surface area contributed by atoms with E-state index in [2.05, 4.69) is 52.3 Å². The molecule has 0 atom stereocenters. The van der Waals surface area contributed by atoms with Gasteiger partial charge in [-0.25, -0.2) is 0 Å². The van der Waals surface area contributed by atoms with E-state index in [9.17, 15) is 0 Å². The maximum absolute atomic E-state index is 5.32. The van der Waals surface area contributed by atoms with Crippen molar-refractivity contribution < 1.29 is 0 Å². The molecule has 0 unspecified atom stereocenters. The Hall–Kier alpha value is 0.330. The molecule has 0 aromatic rings. The third-order valence-corrected chi connectivity index (χ3v) is 4.30. The van der Waals surface area contributed by atoms with Gasteiger partial charge >= 0.3 is 0 Å². The number of likely N-dealkylation sites (N-methyl/N-ethyl adjacent to an activating group) is 1. The predicted molar refractivity (Wildman–Crippen MR) is 84.4 cm³/mol. The van der Waals surface area contributed by atoms with Gasteiger partial charge in [0.05, 0.1) is 0 Å². The Morgan fingerprint density at radius 1 is 1.06 bits per heavy atom. The zero-order valence-electron chi connectivity index (χ0n) is 11.3. The van der Waals surface area contributed by atoms with Crippen LogP contribution in [0.2, 0.25) is 0 Å². The van der Waals surface area contributed by atoms with Gasteiger partial charge in [-0.2, -0.15) is 0 Å². The minimum atomic E-state index is 0.186. The molecule has 0 saturated heterocycles. The van der Waals surface area contributed by atoms with E-state index in [1.54, 1.807) is 0 Å². The summed E-state index contributed by atoms with van der Waals surface area (Å²) in [6, 6.07) is 0. The van der Waals surface area contributed by atoms with Crippen LogP contribution in [0, 0.1) is 0 Å². The summed E-state index contributed by atoms with van der Waals surface area (Å²) in [4.78, 5) is 1.99. The van der Waals surface area contributed by atoms with Crippen LogP contribution in [0.4, 0.5) is 0 Å². The Morgan fingerprint density at radius 2 is 1.56 bits per heavy atom. The molecular weight excluding hydrogens is 254 g/mol. The normalized spacial score (nSPS) is 13.8. The van der Waals surface area contributed by atoms with Crippen LogP contribution < -0.4 is 5.32 Å². The van der Waals surface area contributed by atoms with Gasteiger partial charge in [-0.15, -0.1) is 23.5 Å². The summed E-state index contributed by atoms with van der Waals surface area (Å²) < 4.78 is 0.415. The average Bonchev–Trinajstić information content (AvgIpc) is 2.07. The van der Waals surface area contributed by atoms with Crippen LogP contribution in [0.15, 0.2) is 10.3 Å². The van der Waals surface area contributed by atoms with Gasteiger partial charge in [0.2, 0.25) is 0 Å². The Labute approximate surface area is 114 Å². The van der Waals surface area contributed by atoms with Gasteiger partial charge in [-0.05, 0) is 5.41 Å². The van der Waals surface area contributed by atoms with Crippen molar-refractivity contribution in [3.8, 4) is 0 Å². The Bertz CT molecular complexity index is 269. The maximum atomic E-state index is 5.32. The zero-order chi connectivity index (χ0) is 13.0. The number of rotatable bonds is 3. The molecule has 0 radical (unpaired) electrons. The van der Waals surface area contributed by atoms with Crippen LogP contribution in [0.5, 0.6) is 0 Å². The highest BCUT2D eigenvalue weighted by Gasteiger charge is 2.18. The molecule has 0 rings (SSSR count). The molecule has 0 spiro atoms. The Balaban J connectivity index is 4.75. The molecule has 1 nitrogen and oxygen atoms in total. The Kier molecular flexibility index (Phi) is 6.44. The molecule has 0 bridgehead atoms. The van der Waals surface area contributed by atoms with Crippen molar-refractivity contribution in [1.29, 1.82) is 0 Å². The van der Waals surface area contributed by atoms with E-state index in [0.29, 0.717) is 0 Å². The molecule has 0 saturated carbocycles. The SMILES string of the molecule is CNC(=S)C(=CSC(C)(C)C)SC(C)(C)C. The lowest BCUT2D eigenvalue weighted by Crippen LogP contribution is -2.20. The molecule has 0 aromatic carbocycles. The lowest BCUT2D eigenvalue weighted by molar-refractivity contribution is 0.805. The summed E-state index contributed by atoms with van der Waals surface area (Å²) in [5.74, 6) is 0. The van der Waals surface area contributed by atoms with E-state index >= 15 is 0 Å². The first kappa shape index (κ1) is 16.3. The van der Waals surface area contributed by atoms with Gasteiger partial charge in [0, 0.05) is 21.4 Å². The van der Waals surface area contributed by atoms with Crippen molar-refractivity contribution in [2.24, 2.45) is 0 Å². The van der Waals surface area contributed by atoms with Crippen molar-refractivity contribution in [1.82, 2.24) is 5.32 Å². The molecule has 94 valence electrons. The topological polar surface area (TPSA) is 12.0 Å². The van der Waals surface area contributed by atoms with Crippen molar-refractivity contribution in [2.45, 2.75) is 51.0 Å². The van der Waals surface area contributed by atoms with Gasteiger partial charge in [0.1, 0.15) is 4.99 Å². The molecule has 0 aliphatic carbocycles. The smallest absolute Gasteiger partial charge is 0.113 e. The molecule has 16 heavy (non-hydrogen) atoms. The summed E-state index contributed by atoms with van der Waals surface area (Å²) >= 11 is 8.95. The van der Waals surface area contributed by atoms with E-state index in [4.69, 9.17) is 12.2 Å². The van der Waals surface area contributed by atoms with Crippen molar-refractivity contribution in [3.63, 3.8) is 0 Å². The molecule has 0 aliphatic heterocycles. The van der Waals surface area contributed by atoms with Crippen LogP contribution in [-0.4, -0.2) is 21.5 Å². The summed E-state index contributed by atoms with van der Waals surface area (Å²) in [6.45, 7) is 13.2.